The molecule has 4 heteroatoms. The molecule has 5 rings (SSSR count). The molecule has 256 valence electrons. The normalized spacial score (nSPS) is 12.6. The van der Waals surface area contributed by atoms with E-state index in [0.717, 1.165) is 44.6 Å². The van der Waals surface area contributed by atoms with Crippen molar-refractivity contribution in [3.8, 4) is 39.4 Å². The standard InChI is InChI=1S/C44H53N2O.Pt/c1-26(2)33-15-14-16-34(27(3)4)40(33)30-20-28(37-23-31(17-18-45-37)42(5,6)7)19-29(21-30)38-25-36(44(11,12)13)35-22-32(43(8,9)10)24-39(47)41(35)46-38;/h14-18,20-27,47H,1-13H3;/q-1;. The summed E-state index contributed by atoms with van der Waals surface area (Å²) in [6.07, 6.45) is 1.91. The van der Waals surface area contributed by atoms with Crippen LogP contribution in [0.15, 0.2) is 66.9 Å². The number of benzene rings is 3. The summed E-state index contributed by atoms with van der Waals surface area (Å²) in [7, 11) is 0. The van der Waals surface area contributed by atoms with Crippen LogP contribution in [0.5, 0.6) is 5.75 Å². The van der Waals surface area contributed by atoms with Gasteiger partial charge in [-0.2, -0.15) is 0 Å². The number of hydrogen-bond acceptors (Lipinski definition) is 3. The molecule has 0 aliphatic rings. The maximum absolute atomic E-state index is 11.5. The predicted octanol–water partition coefficient (Wildman–Crippen LogP) is 12.3. The zero-order chi connectivity index (χ0) is 34.6. The van der Waals surface area contributed by atoms with Crippen LogP contribution in [0.4, 0.5) is 0 Å². The molecule has 0 atom stereocenters. The van der Waals surface area contributed by atoms with Gasteiger partial charge < -0.3 is 5.11 Å². The second-order valence-electron chi connectivity index (χ2n) is 16.9. The summed E-state index contributed by atoms with van der Waals surface area (Å²) in [4.78, 5) is 10.1. The maximum Gasteiger partial charge on any atom is 0.141 e. The Labute approximate surface area is 303 Å². The molecule has 0 spiro atoms. The van der Waals surface area contributed by atoms with E-state index in [-0.39, 0.29) is 43.1 Å². The first kappa shape index (κ1) is 37.5. The Morgan fingerprint density at radius 3 is 1.73 bits per heavy atom. The van der Waals surface area contributed by atoms with Crippen LogP contribution < -0.4 is 0 Å². The number of aromatic nitrogens is 2. The molecule has 3 aromatic carbocycles. The predicted molar refractivity (Wildman–Crippen MR) is 201 cm³/mol. The van der Waals surface area contributed by atoms with E-state index in [1.165, 1.54) is 22.3 Å². The average Bonchev–Trinajstić information content (AvgIpc) is 2.98. The van der Waals surface area contributed by atoms with E-state index in [0.29, 0.717) is 17.4 Å². The summed E-state index contributed by atoms with van der Waals surface area (Å²) in [5, 5.41) is 12.5. The monoisotopic (exact) mass is 820 g/mol. The molecular weight excluding hydrogens is 768 g/mol. The number of phenols is 1. The van der Waals surface area contributed by atoms with Crippen LogP contribution in [-0.2, 0) is 37.3 Å². The first-order valence-electron chi connectivity index (χ1n) is 17.1. The molecule has 0 amide bonds. The van der Waals surface area contributed by atoms with Crippen molar-refractivity contribution in [3.05, 3.63) is 101 Å². The SMILES string of the molecule is CC(C)c1cccc(C(C)C)c1-c1cc(-c2cc(C(C)(C)C)ccn2)[c-]c(-c2cc(C(C)(C)C)c3cc(C(C)(C)C)cc(O)c3n2)c1.[Pt]. The zero-order valence-electron chi connectivity index (χ0n) is 31.2. The molecular formula is C44H53N2OPt-. The third-order valence-electron chi connectivity index (χ3n) is 9.28. The Morgan fingerprint density at radius 1 is 0.646 bits per heavy atom. The number of pyridine rings is 2. The van der Waals surface area contributed by atoms with E-state index in [1.54, 1.807) is 0 Å². The van der Waals surface area contributed by atoms with E-state index in [2.05, 4.69) is 151 Å². The van der Waals surface area contributed by atoms with Crippen molar-refractivity contribution in [1.29, 1.82) is 0 Å². The van der Waals surface area contributed by atoms with Crippen molar-refractivity contribution in [3.63, 3.8) is 0 Å². The van der Waals surface area contributed by atoms with E-state index in [4.69, 9.17) is 9.97 Å². The number of fused-ring (bicyclic) bond motifs is 1. The second-order valence-corrected chi connectivity index (χ2v) is 16.9. The summed E-state index contributed by atoms with van der Waals surface area (Å²) >= 11 is 0. The van der Waals surface area contributed by atoms with E-state index >= 15 is 0 Å². The molecule has 0 fully saturated rings. The third-order valence-corrected chi connectivity index (χ3v) is 9.28. The van der Waals surface area contributed by atoms with Crippen LogP contribution in [0.2, 0.25) is 0 Å². The summed E-state index contributed by atoms with van der Waals surface area (Å²) in [5.41, 5.74) is 12.4. The van der Waals surface area contributed by atoms with E-state index < -0.39 is 0 Å². The van der Waals surface area contributed by atoms with E-state index in [9.17, 15) is 5.11 Å². The third kappa shape index (κ3) is 7.63. The van der Waals surface area contributed by atoms with Gasteiger partial charge in [0.1, 0.15) is 11.3 Å². The van der Waals surface area contributed by atoms with Gasteiger partial charge in [0.2, 0.25) is 0 Å². The Kier molecular flexibility index (Phi) is 10.6. The molecule has 5 aromatic rings. The Hall–Kier alpha value is -3.29. The molecule has 0 aliphatic carbocycles. The van der Waals surface area contributed by atoms with Crippen molar-refractivity contribution in [2.75, 3.05) is 0 Å². The summed E-state index contributed by atoms with van der Waals surface area (Å²) < 4.78 is 0. The Morgan fingerprint density at radius 2 is 1.21 bits per heavy atom. The molecule has 48 heavy (non-hydrogen) atoms. The average molecular weight is 821 g/mol. The minimum atomic E-state index is -0.184. The van der Waals surface area contributed by atoms with Gasteiger partial charge in [-0.15, -0.1) is 18.2 Å². The van der Waals surface area contributed by atoms with Crippen molar-refractivity contribution >= 4 is 10.9 Å². The number of rotatable bonds is 5. The van der Waals surface area contributed by atoms with Crippen LogP contribution in [0.3, 0.4) is 0 Å². The van der Waals surface area contributed by atoms with Gasteiger partial charge in [0, 0.05) is 44.0 Å². The summed E-state index contributed by atoms with van der Waals surface area (Å²) in [5.74, 6) is 0.910. The molecule has 2 aromatic heterocycles. The zero-order valence-corrected chi connectivity index (χ0v) is 33.4. The quantitative estimate of drug-likeness (QED) is 0.180. The number of hydrogen-bond donors (Lipinski definition) is 1. The maximum atomic E-state index is 11.5. The van der Waals surface area contributed by atoms with Gasteiger partial charge in [0.15, 0.2) is 0 Å². The van der Waals surface area contributed by atoms with Gasteiger partial charge >= 0.3 is 0 Å². The number of aromatic hydroxyl groups is 1. The molecule has 0 saturated carbocycles. The minimum Gasteiger partial charge on any atom is -0.506 e. The molecule has 0 saturated heterocycles. The van der Waals surface area contributed by atoms with Crippen molar-refractivity contribution in [2.45, 2.75) is 118 Å². The van der Waals surface area contributed by atoms with Gasteiger partial charge in [-0.05, 0) is 79.7 Å². The van der Waals surface area contributed by atoms with Crippen LogP contribution in [0, 0.1) is 6.07 Å². The molecule has 2 heterocycles. The van der Waals surface area contributed by atoms with Gasteiger partial charge in [0.05, 0.1) is 0 Å². The first-order chi connectivity index (χ1) is 21.8. The van der Waals surface area contributed by atoms with E-state index in [1.807, 2.05) is 12.3 Å². The molecule has 0 unspecified atom stereocenters. The fourth-order valence-corrected chi connectivity index (χ4v) is 6.42. The smallest absolute Gasteiger partial charge is 0.141 e. The molecule has 0 aliphatic heterocycles. The van der Waals surface area contributed by atoms with Crippen molar-refractivity contribution in [1.82, 2.24) is 9.97 Å². The second kappa shape index (κ2) is 13.5. The van der Waals surface area contributed by atoms with Crippen LogP contribution in [-0.4, -0.2) is 15.1 Å². The van der Waals surface area contributed by atoms with Gasteiger partial charge in [-0.3, -0.25) is 9.97 Å². The first-order valence-corrected chi connectivity index (χ1v) is 17.1. The minimum absolute atomic E-state index is 0. The summed E-state index contributed by atoms with van der Waals surface area (Å²) in [6, 6.07) is 25.6. The van der Waals surface area contributed by atoms with Gasteiger partial charge in [-0.1, -0.05) is 137 Å². The van der Waals surface area contributed by atoms with Crippen LogP contribution >= 0.6 is 0 Å². The fraction of sp³-hybridized carbons (Fsp3) is 0.409. The van der Waals surface area contributed by atoms with Crippen molar-refractivity contribution < 1.29 is 26.2 Å². The van der Waals surface area contributed by atoms with Crippen molar-refractivity contribution in [2.24, 2.45) is 0 Å². The Bertz CT molecular complexity index is 1920. The molecule has 3 nitrogen and oxygen atoms in total. The number of phenolic OH excluding ortho intramolecular Hbond substituents is 1. The van der Waals surface area contributed by atoms with Gasteiger partial charge in [-0.25, -0.2) is 0 Å². The molecule has 0 bridgehead atoms. The van der Waals surface area contributed by atoms with Gasteiger partial charge in [0.25, 0.3) is 0 Å². The summed E-state index contributed by atoms with van der Waals surface area (Å²) in [6.45, 7) is 29.0. The van der Waals surface area contributed by atoms with Crippen LogP contribution in [0.1, 0.15) is 130 Å². The topological polar surface area (TPSA) is 46.0 Å². The Balaban J connectivity index is 0.00000520. The van der Waals surface area contributed by atoms with Crippen LogP contribution in [0.25, 0.3) is 44.5 Å². The molecule has 0 radical (unpaired) electrons. The largest absolute Gasteiger partial charge is 0.506 e. The number of nitrogens with zero attached hydrogens (tertiary/aromatic N) is 2. The molecule has 1 N–H and O–H groups in total. The fourth-order valence-electron chi connectivity index (χ4n) is 6.42.